The zero-order chi connectivity index (χ0) is 22.4. The SMILES string of the molecule is COc1ccc(S(=O)(=O)NC(Cc2ccccc2)C(=O)Nc2ccc(Cl)c(Cl)c2)cc1. The molecule has 3 aromatic rings. The molecule has 2 N–H and O–H groups in total. The average molecular weight is 479 g/mol. The summed E-state index contributed by atoms with van der Waals surface area (Å²) in [6.45, 7) is 0. The third kappa shape index (κ3) is 6.21. The Balaban J connectivity index is 1.85. The van der Waals surface area contributed by atoms with Crippen LogP contribution < -0.4 is 14.8 Å². The Labute approximate surface area is 191 Å². The second kappa shape index (κ2) is 10.2. The second-order valence-electron chi connectivity index (χ2n) is 6.66. The Morgan fingerprint density at radius 3 is 2.26 bits per heavy atom. The van der Waals surface area contributed by atoms with Gasteiger partial charge in [-0.15, -0.1) is 0 Å². The molecule has 31 heavy (non-hydrogen) atoms. The highest BCUT2D eigenvalue weighted by molar-refractivity contribution is 7.89. The number of anilines is 1. The summed E-state index contributed by atoms with van der Waals surface area (Å²) in [5, 5.41) is 3.32. The van der Waals surface area contributed by atoms with Crippen LogP contribution in [-0.2, 0) is 21.2 Å². The standard InChI is InChI=1S/C22H20Cl2N2O4S/c1-30-17-8-10-18(11-9-17)31(28,29)26-21(13-15-5-3-2-4-6-15)22(27)25-16-7-12-19(23)20(24)14-16/h2-12,14,21,26H,13H2,1H3,(H,25,27). The number of hydrogen-bond donors (Lipinski definition) is 2. The largest absolute Gasteiger partial charge is 0.497 e. The van der Waals surface area contributed by atoms with Crippen molar-refractivity contribution in [3.05, 3.63) is 88.4 Å². The number of hydrogen-bond acceptors (Lipinski definition) is 4. The molecule has 0 aromatic heterocycles. The highest BCUT2D eigenvalue weighted by atomic mass is 35.5. The number of halogens is 2. The predicted octanol–water partition coefficient (Wildman–Crippen LogP) is 4.53. The molecule has 3 aromatic carbocycles. The molecule has 0 aliphatic rings. The fraction of sp³-hybridized carbons (Fsp3) is 0.136. The van der Waals surface area contributed by atoms with E-state index in [4.69, 9.17) is 27.9 Å². The van der Waals surface area contributed by atoms with E-state index in [0.717, 1.165) is 5.56 Å². The van der Waals surface area contributed by atoms with Gasteiger partial charge in [0, 0.05) is 5.69 Å². The number of ether oxygens (including phenoxy) is 1. The molecule has 0 radical (unpaired) electrons. The van der Waals surface area contributed by atoms with Gasteiger partial charge in [-0.25, -0.2) is 8.42 Å². The number of nitrogens with one attached hydrogen (secondary N) is 2. The van der Waals surface area contributed by atoms with Crippen LogP contribution in [0.1, 0.15) is 5.56 Å². The van der Waals surface area contributed by atoms with Crippen molar-refractivity contribution in [2.45, 2.75) is 17.4 Å². The lowest BCUT2D eigenvalue weighted by molar-refractivity contribution is -0.117. The minimum Gasteiger partial charge on any atom is -0.497 e. The lowest BCUT2D eigenvalue weighted by Crippen LogP contribution is -2.45. The minimum absolute atomic E-state index is 0.0219. The maximum Gasteiger partial charge on any atom is 0.242 e. The molecule has 0 bridgehead atoms. The summed E-state index contributed by atoms with van der Waals surface area (Å²) in [6.07, 6.45) is 0.156. The molecule has 0 saturated heterocycles. The fourth-order valence-corrected chi connectivity index (χ4v) is 4.34. The zero-order valence-electron chi connectivity index (χ0n) is 16.5. The van der Waals surface area contributed by atoms with Gasteiger partial charge in [-0.3, -0.25) is 4.79 Å². The van der Waals surface area contributed by atoms with Crippen LogP contribution in [0, 0.1) is 0 Å². The number of carbonyl (C=O) groups excluding carboxylic acids is 1. The number of benzene rings is 3. The van der Waals surface area contributed by atoms with Crippen molar-refractivity contribution in [1.29, 1.82) is 0 Å². The van der Waals surface area contributed by atoms with E-state index in [9.17, 15) is 13.2 Å². The number of carbonyl (C=O) groups is 1. The maximum absolute atomic E-state index is 13.0. The average Bonchev–Trinajstić information content (AvgIpc) is 2.76. The summed E-state index contributed by atoms with van der Waals surface area (Å²) in [5.74, 6) is -0.00326. The van der Waals surface area contributed by atoms with Gasteiger partial charge < -0.3 is 10.1 Å². The number of rotatable bonds is 8. The highest BCUT2D eigenvalue weighted by Gasteiger charge is 2.26. The van der Waals surface area contributed by atoms with E-state index in [2.05, 4.69) is 10.0 Å². The van der Waals surface area contributed by atoms with E-state index >= 15 is 0 Å². The van der Waals surface area contributed by atoms with Crippen LogP contribution >= 0.6 is 23.2 Å². The third-order valence-electron chi connectivity index (χ3n) is 4.45. The van der Waals surface area contributed by atoms with Gasteiger partial charge in [0.1, 0.15) is 11.8 Å². The molecule has 1 atom stereocenters. The summed E-state index contributed by atoms with van der Waals surface area (Å²) in [7, 11) is -2.48. The first-order valence-corrected chi connectivity index (χ1v) is 11.5. The van der Waals surface area contributed by atoms with Gasteiger partial charge in [0.2, 0.25) is 15.9 Å². The van der Waals surface area contributed by atoms with Crippen LogP contribution in [0.5, 0.6) is 5.75 Å². The predicted molar refractivity (Wildman–Crippen MR) is 122 cm³/mol. The molecular formula is C22H20Cl2N2O4S. The van der Waals surface area contributed by atoms with Crippen LogP contribution in [-0.4, -0.2) is 27.5 Å². The Hall–Kier alpha value is -2.58. The first-order valence-electron chi connectivity index (χ1n) is 9.25. The van der Waals surface area contributed by atoms with Crippen LogP contribution in [0.4, 0.5) is 5.69 Å². The van der Waals surface area contributed by atoms with E-state index in [1.165, 1.54) is 37.4 Å². The number of methoxy groups -OCH3 is 1. The molecule has 9 heteroatoms. The van der Waals surface area contributed by atoms with Crippen molar-refractivity contribution in [3.8, 4) is 5.75 Å². The van der Waals surface area contributed by atoms with E-state index < -0.39 is 22.0 Å². The molecule has 162 valence electrons. The van der Waals surface area contributed by atoms with Crippen molar-refractivity contribution in [2.75, 3.05) is 12.4 Å². The monoisotopic (exact) mass is 478 g/mol. The van der Waals surface area contributed by atoms with Crippen LogP contribution in [0.3, 0.4) is 0 Å². The molecule has 3 rings (SSSR count). The van der Waals surface area contributed by atoms with Gasteiger partial charge in [0.15, 0.2) is 0 Å². The first kappa shape index (κ1) is 23.1. The van der Waals surface area contributed by atoms with E-state index in [1.807, 2.05) is 30.3 Å². The summed E-state index contributed by atoms with van der Waals surface area (Å²) >= 11 is 11.9. The molecule has 1 amide bonds. The molecule has 0 aliphatic carbocycles. The van der Waals surface area contributed by atoms with Crippen molar-refractivity contribution >= 4 is 44.8 Å². The molecular weight excluding hydrogens is 459 g/mol. The van der Waals surface area contributed by atoms with Crippen LogP contribution in [0.15, 0.2) is 77.7 Å². The van der Waals surface area contributed by atoms with Crippen molar-refractivity contribution in [3.63, 3.8) is 0 Å². The Kier molecular flexibility index (Phi) is 7.56. The summed E-state index contributed by atoms with van der Waals surface area (Å²) < 4.78 is 33.4. The first-order chi connectivity index (χ1) is 14.8. The maximum atomic E-state index is 13.0. The lowest BCUT2D eigenvalue weighted by atomic mass is 10.1. The molecule has 0 aliphatic heterocycles. The van der Waals surface area contributed by atoms with Crippen molar-refractivity contribution in [2.24, 2.45) is 0 Å². The zero-order valence-corrected chi connectivity index (χ0v) is 18.8. The highest BCUT2D eigenvalue weighted by Crippen LogP contribution is 2.25. The molecule has 0 spiro atoms. The van der Waals surface area contributed by atoms with Crippen molar-refractivity contribution < 1.29 is 17.9 Å². The molecule has 6 nitrogen and oxygen atoms in total. The lowest BCUT2D eigenvalue weighted by Gasteiger charge is -2.19. The van der Waals surface area contributed by atoms with E-state index in [-0.39, 0.29) is 16.3 Å². The Morgan fingerprint density at radius 1 is 0.968 bits per heavy atom. The van der Waals surface area contributed by atoms with Crippen LogP contribution in [0.25, 0.3) is 0 Å². The van der Waals surface area contributed by atoms with Crippen LogP contribution in [0.2, 0.25) is 10.0 Å². The summed E-state index contributed by atoms with van der Waals surface area (Å²) in [5.41, 5.74) is 1.20. The van der Waals surface area contributed by atoms with Gasteiger partial charge in [-0.2, -0.15) is 4.72 Å². The van der Waals surface area contributed by atoms with Gasteiger partial charge in [0.05, 0.1) is 22.1 Å². The fourth-order valence-electron chi connectivity index (χ4n) is 2.85. The second-order valence-corrected chi connectivity index (χ2v) is 9.19. The van der Waals surface area contributed by atoms with Gasteiger partial charge >= 0.3 is 0 Å². The molecule has 0 fully saturated rings. The minimum atomic E-state index is -3.97. The van der Waals surface area contributed by atoms with Crippen molar-refractivity contribution in [1.82, 2.24) is 4.72 Å². The summed E-state index contributed by atoms with van der Waals surface area (Å²) in [4.78, 5) is 13.0. The quantitative estimate of drug-likeness (QED) is 0.497. The topological polar surface area (TPSA) is 84.5 Å². The normalized spacial score (nSPS) is 12.2. The van der Waals surface area contributed by atoms with E-state index in [1.54, 1.807) is 12.1 Å². The van der Waals surface area contributed by atoms with Gasteiger partial charge in [-0.1, -0.05) is 53.5 Å². The smallest absolute Gasteiger partial charge is 0.242 e. The Morgan fingerprint density at radius 2 is 1.65 bits per heavy atom. The third-order valence-corrected chi connectivity index (χ3v) is 6.68. The summed E-state index contributed by atoms with van der Waals surface area (Å²) in [6, 6.07) is 18.6. The molecule has 1 unspecified atom stereocenters. The number of sulfonamides is 1. The molecule has 0 heterocycles. The van der Waals surface area contributed by atoms with Gasteiger partial charge in [-0.05, 0) is 54.4 Å². The number of amides is 1. The Bertz CT molecular complexity index is 1150. The van der Waals surface area contributed by atoms with E-state index in [0.29, 0.717) is 16.5 Å². The van der Waals surface area contributed by atoms with Gasteiger partial charge in [0.25, 0.3) is 0 Å². The molecule has 0 saturated carbocycles.